The van der Waals surface area contributed by atoms with E-state index < -0.39 is 11.6 Å². The molecule has 0 aliphatic heterocycles. The molecule has 0 bridgehead atoms. The van der Waals surface area contributed by atoms with E-state index in [1.165, 1.54) is 12.1 Å². The number of nitrogens with zero attached hydrogens (tertiary/aromatic N) is 3. The molecular formula is C20H21F2N5. The predicted molar refractivity (Wildman–Crippen MR) is 102 cm³/mol. The first kappa shape index (κ1) is 18.7. The van der Waals surface area contributed by atoms with Gasteiger partial charge in [-0.2, -0.15) is 4.98 Å². The number of pyridine rings is 1. The molecule has 0 fully saturated rings. The lowest BCUT2D eigenvalue weighted by Crippen LogP contribution is -2.27. The third-order valence-electron chi connectivity index (χ3n) is 3.57. The maximum Gasteiger partial charge on any atom is 0.225 e. The number of anilines is 2. The molecule has 0 aliphatic carbocycles. The zero-order valence-corrected chi connectivity index (χ0v) is 15.4. The monoisotopic (exact) mass is 369 g/mol. The fourth-order valence-electron chi connectivity index (χ4n) is 2.50. The molecule has 3 rings (SSSR count). The summed E-state index contributed by atoms with van der Waals surface area (Å²) in [7, 11) is 0. The van der Waals surface area contributed by atoms with E-state index in [1.807, 2.05) is 32.9 Å². The largest absolute Gasteiger partial charge is 0.366 e. The van der Waals surface area contributed by atoms with Crippen LogP contribution in [0.2, 0.25) is 0 Å². The number of aromatic nitrogens is 3. The van der Waals surface area contributed by atoms with Gasteiger partial charge < -0.3 is 10.6 Å². The summed E-state index contributed by atoms with van der Waals surface area (Å²) in [6.07, 6.45) is 3.41. The van der Waals surface area contributed by atoms with Gasteiger partial charge in [0.25, 0.3) is 0 Å². The van der Waals surface area contributed by atoms with Gasteiger partial charge in [-0.25, -0.2) is 13.8 Å². The molecule has 0 saturated heterocycles. The van der Waals surface area contributed by atoms with Crippen molar-refractivity contribution in [3.8, 4) is 11.3 Å². The number of rotatable bonds is 5. The summed E-state index contributed by atoms with van der Waals surface area (Å²) in [5, 5.41) is 6.35. The molecule has 27 heavy (non-hydrogen) atoms. The molecule has 1 aromatic carbocycles. The Balaban J connectivity index is 1.89. The molecule has 2 aromatic heterocycles. The van der Waals surface area contributed by atoms with Crippen molar-refractivity contribution < 1.29 is 8.78 Å². The van der Waals surface area contributed by atoms with E-state index in [9.17, 15) is 8.78 Å². The van der Waals surface area contributed by atoms with E-state index in [2.05, 4.69) is 25.6 Å². The molecule has 0 aliphatic rings. The molecular weight excluding hydrogens is 348 g/mol. The zero-order valence-electron chi connectivity index (χ0n) is 15.4. The summed E-state index contributed by atoms with van der Waals surface area (Å²) in [5.41, 5.74) is 1.80. The van der Waals surface area contributed by atoms with Gasteiger partial charge in [-0.05, 0) is 50.6 Å². The summed E-state index contributed by atoms with van der Waals surface area (Å²) in [6, 6.07) is 8.93. The highest BCUT2D eigenvalue weighted by molar-refractivity contribution is 5.63. The molecule has 5 nitrogen and oxygen atoms in total. The van der Waals surface area contributed by atoms with E-state index in [1.54, 1.807) is 18.5 Å². The van der Waals surface area contributed by atoms with Crippen molar-refractivity contribution in [1.82, 2.24) is 15.0 Å². The minimum atomic E-state index is -0.611. The molecule has 0 spiro atoms. The number of nitrogens with one attached hydrogen (secondary N) is 2. The highest BCUT2D eigenvalue weighted by Crippen LogP contribution is 2.22. The Morgan fingerprint density at radius 3 is 2.37 bits per heavy atom. The number of hydrogen-bond donors (Lipinski definition) is 2. The lowest BCUT2D eigenvalue weighted by atomic mass is 10.1. The van der Waals surface area contributed by atoms with Crippen molar-refractivity contribution in [2.75, 3.05) is 10.6 Å². The second-order valence-corrected chi connectivity index (χ2v) is 7.21. The SMILES string of the molecule is CC(C)(C)Nc1nc(NCc2cc(F)cc(F)c2)cc(-c2cccnc2)n1. The van der Waals surface area contributed by atoms with Crippen LogP contribution in [0.4, 0.5) is 20.5 Å². The third kappa shape index (κ3) is 5.44. The fraction of sp³-hybridized carbons (Fsp3) is 0.250. The van der Waals surface area contributed by atoms with Crippen molar-refractivity contribution in [2.24, 2.45) is 0 Å². The van der Waals surface area contributed by atoms with Gasteiger partial charge in [0.1, 0.15) is 17.5 Å². The Morgan fingerprint density at radius 2 is 1.74 bits per heavy atom. The van der Waals surface area contributed by atoms with E-state index >= 15 is 0 Å². The highest BCUT2D eigenvalue weighted by Gasteiger charge is 2.14. The molecule has 2 heterocycles. The predicted octanol–water partition coefficient (Wildman–Crippen LogP) is 4.64. The summed E-state index contributed by atoms with van der Waals surface area (Å²) in [5.74, 6) is -0.224. The first-order valence-electron chi connectivity index (χ1n) is 8.55. The van der Waals surface area contributed by atoms with Crippen molar-refractivity contribution in [2.45, 2.75) is 32.9 Å². The van der Waals surface area contributed by atoms with E-state index in [0.29, 0.717) is 23.0 Å². The lowest BCUT2D eigenvalue weighted by molar-refractivity contribution is 0.580. The van der Waals surface area contributed by atoms with Crippen molar-refractivity contribution in [3.05, 3.63) is 66.0 Å². The third-order valence-corrected chi connectivity index (χ3v) is 3.57. The van der Waals surface area contributed by atoms with E-state index in [0.717, 1.165) is 11.6 Å². The Bertz CT molecular complexity index is 903. The lowest BCUT2D eigenvalue weighted by Gasteiger charge is -2.21. The smallest absolute Gasteiger partial charge is 0.225 e. The van der Waals surface area contributed by atoms with Crippen LogP contribution in [0, 0.1) is 11.6 Å². The van der Waals surface area contributed by atoms with E-state index in [-0.39, 0.29) is 12.1 Å². The average molecular weight is 369 g/mol. The number of halogens is 2. The first-order valence-corrected chi connectivity index (χ1v) is 8.55. The highest BCUT2D eigenvalue weighted by atomic mass is 19.1. The second kappa shape index (κ2) is 7.65. The van der Waals surface area contributed by atoms with Crippen LogP contribution in [0.5, 0.6) is 0 Å². The van der Waals surface area contributed by atoms with Crippen LogP contribution in [0.3, 0.4) is 0 Å². The molecule has 0 radical (unpaired) electrons. The number of hydrogen-bond acceptors (Lipinski definition) is 5. The van der Waals surface area contributed by atoms with Gasteiger partial charge in [-0.15, -0.1) is 0 Å². The summed E-state index contributed by atoms with van der Waals surface area (Å²) < 4.78 is 26.8. The summed E-state index contributed by atoms with van der Waals surface area (Å²) >= 11 is 0. The maximum atomic E-state index is 13.4. The zero-order chi connectivity index (χ0) is 19.4. The molecule has 2 N–H and O–H groups in total. The Hall–Kier alpha value is -3.09. The van der Waals surface area contributed by atoms with Crippen molar-refractivity contribution in [3.63, 3.8) is 0 Å². The summed E-state index contributed by atoms with van der Waals surface area (Å²) in [4.78, 5) is 13.1. The van der Waals surface area contributed by atoms with Gasteiger partial charge >= 0.3 is 0 Å². The van der Waals surface area contributed by atoms with Gasteiger partial charge in [0.15, 0.2) is 0 Å². The molecule has 0 amide bonds. The number of benzene rings is 1. The van der Waals surface area contributed by atoms with Crippen molar-refractivity contribution >= 4 is 11.8 Å². The van der Waals surface area contributed by atoms with Crippen LogP contribution in [0.15, 0.2) is 48.8 Å². The fourth-order valence-corrected chi connectivity index (χ4v) is 2.50. The topological polar surface area (TPSA) is 62.7 Å². The van der Waals surface area contributed by atoms with E-state index in [4.69, 9.17) is 0 Å². The Kier molecular flexibility index (Phi) is 5.30. The van der Waals surface area contributed by atoms with Crippen LogP contribution in [0.1, 0.15) is 26.3 Å². The van der Waals surface area contributed by atoms with Crippen LogP contribution < -0.4 is 10.6 Å². The molecule has 3 aromatic rings. The molecule has 0 unspecified atom stereocenters. The molecule has 7 heteroatoms. The van der Waals surface area contributed by atoms with Crippen LogP contribution in [0.25, 0.3) is 11.3 Å². The Labute approximate surface area is 156 Å². The van der Waals surface area contributed by atoms with Crippen molar-refractivity contribution in [1.29, 1.82) is 0 Å². The first-order chi connectivity index (χ1) is 12.8. The van der Waals surface area contributed by atoms with Gasteiger partial charge in [-0.1, -0.05) is 0 Å². The summed E-state index contributed by atoms with van der Waals surface area (Å²) in [6.45, 7) is 6.26. The van der Waals surface area contributed by atoms with Crippen LogP contribution in [-0.4, -0.2) is 20.5 Å². The molecule has 140 valence electrons. The van der Waals surface area contributed by atoms with Gasteiger partial charge in [0, 0.05) is 42.2 Å². The average Bonchev–Trinajstić information content (AvgIpc) is 2.58. The molecule has 0 atom stereocenters. The normalized spacial score (nSPS) is 11.3. The Morgan fingerprint density at radius 1 is 1.00 bits per heavy atom. The quantitative estimate of drug-likeness (QED) is 0.686. The molecule has 0 saturated carbocycles. The minimum absolute atomic E-state index is 0.226. The second-order valence-electron chi connectivity index (χ2n) is 7.21. The standard InChI is InChI=1S/C20H21F2N5/c1-20(2,3)27-19-25-17(14-5-4-6-23-12-14)10-18(26-19)24-11-13-7-15(21)9-16(22)8-13/h4-10,12H,11H2,1-3H3,(H2,24,25,26,27). The maximum absolute atomic E-state index is 13.4. The van der Waals surface area contributed by atoms with Crippen LogP contribution in [-0.2, 0) is 6.54 Å². The minimum Gasteiger partial charge on any atom is -0.366 e. The van der Waals surface area contributed by atoms with Gasteiger partial charge in [-0.3, -0.25) is 4.98 Å². The van der Waals surface area contributed by atoms with Crippen LogP contribution >= 0.6 is 0 Å². The van der Waals surface area contributed by atoms with Gasteiger partial charge in [0.05, 0.1) is 5.69 Å². The van der Waals surface area contributed by atoms with Gasteiger partial charge in [0.2, 0.25) is 5.95 Å².